The van der Waals surface area contributed by atoms with Gasteiger partial charge in [-0.05, 0) is 6.07 Å². The van der Waals surface area contributed by atoms with Gasteiger partial charge in [-0.15, -0.1) is 0 Å². The van der Waals surface area contributed by atoms with E-state index in [4.69, 9.17) is 9.97 Å². The fourth-order valence-electron chi connectivity index (χ4n) is 3.51. The smallest absolute Gasteiger partial charge is 0.161 e. The Kier molecular flexibility index (Phi) is 3.99. The van der Waals surface area contributed by atoms with Crippen molar-refractivity contribution < 1.29 is 0 Å². The van der Waals surface area contributed by atoms with Crippen molar-refractivity contribution in [3.63, 3.8) is 0 Å². The van der Waals surface area contributed by atoms with E-state index >= 15 is 0 Å². The molecule has 128 valence electrons. The van der Waals surface area contributed by atoms with E-state index in [1.165, 1.54) is 17.2 Å². The van der Waals surface area contributed by atoms with E-state index in [0.29, 0.717) is 5.92 Å². The topological polar surface area (TPSA) is 46.8 Å². The second-order valence-electron chi connectivity index (χ2n) is 6.85. The molecule has 5 heteroatoms. The third-order valence-electron chi connectivity index (χ3n) is 4.80. The summed E-state index contributed by atoms with van der Waals surface area (Å²) in [6.07, 6.45) is 2.84. The second kappa shape index (κ2) is 6.31. The molecule has 5 nitrogen and oxygen atoms in total. The summed E-state index contributed by atoms with van der Waals surface area (Å²) < 4.78 is 2.27. The summed E-state index contributed by atoms with van der Waals surface area (Å²) in [5.41, 5.74) is 3.58. The Hall–Kier alpha value is -2.69. The standard InChI is InChI=1S/C20H23N5/c1-14(2)20-22-16-13-25(12-10-17(16)24(20)3)18-9-11-21-19(23-18)15-7-5-4-6-8-15/h4-9,11,14H,10,12-13H2,1-3H3. The predicted molar refractivity (Wildman–Crippen MR) is 99.5 cm³/mol. The number of aromatic nitrogens is 4. The van der Waals surface area contributed by atoms with Crippen molar-refractivity contribution in [2.45, 2.75) is 32.7 Å². The fourth-order valence-corrected chi connectivity index (χ4v) is 3.51. The molecule has 0 bridgehead atoms. The summed E-state index contributed by atoms with van der Waals surface area (Å²) in [5, 5.41) is 0. The lowest BCUT2D eigenvalue weighted by Crippen LogP contribution is -2.31. The molecule has 4 rings (SSSR count). The van der Waals surface area contributed by atoms with Crippen molar-refractivity contribution in [3.8, 4) is 11.4 Å². The third kappa shape index (κ3) is 2.90. The van der Waals surface area contributed by atoms with Crippen LogP contribution in [0.1, 0.15) is 37.0 Å². The highest BCUT2D eigenvalue weighted by molar-refractivity contribution is 5.57. The van der Waals surface area contributed by atoms with E-state index in [2.05, 4.69) is 35.3 Å². The van der Waals surface area contributed by atoms with Crippen LogP contribution in [0.5, 0.6) is 0 Å². The molecule has 0 atom stereocenters. The summed E-state index contributed by atoms with van der Waals surface area (Å²) in [7, 11) is 2.13. The van der Waals surface area contributed by atoms with Gasteiger partial charge in [-0.3, -0.25) is 0 Å². The van der Waals surface area contributed by atoms with Crippen LogP contribution in [0.4, 0.5) is 5.82 Å². The van der Waals surface area contributed by atoms with Crippen LogP contribution in [0.3, 0.4) is 0 Å². The van der Waals surface area contributed by atoms with Crippen LogP contribution in [0.15, 0.2) is 42.6 Å². The highest BCUT2D eigenvalue weighted by atomic mass is 15.2. The second-order valence-corrected chi connectivity index (χ2v) is 6.85. The lowest BCUT2D eigenvalue weighted by molar-refractivity contribution is 0.658. The quantitative estimate of drug-likeness (QED) is 0.735. The summed E-state index contributed by atoms with van der Waals surface area (Å²) >= 11 is 0. The first kappa shape index (κ1) is 15.8. The number of imidazole rings is 1. The van der Waals surface area contributed by atoms with Crippen molar-refractivity contribution >= 4 is 5.82 Å². The summed E-state index contributed by atoms with van der Waals surface area (Å²) in [6.45, 7) is 6.15. The van der Waals surface area contributed by atoms with Crippen LogP contribution in [0.25, 0.3) is 11.4 Å². The first-order valence-corrected chi connectivity index (χ1v) is 8.81. The third-order valence-corrected chi connectivity index (χ3v) is 4.80. The first-order valence-electron chi connectivity index (χ1n) is 8.81. The summed E-state index contributed by atoms with van der Waals surface area (Å²) in [4.78, 5) is 16.4. The summed E-state index contributed by atoms with van der Waals surface area (Å²) in [6, 6.07) is 12.1. The van der Waals surface area contributed by atoms with Gasteiger partial charge in [0.05, 0.1) is 12.2 Å². The Morgan fingerprint density at radius 1 is 1.04 bits per heavy atom. The minimum absolute atomic E-state index is 0.438. The normalized spacial score (nSPS) is 14.0. The van der Waals surface area contributed by atoms with Crippen LogP contribution < -0.4 is 4.90 Å². The molecular weight excluding hydrogens is 310 g/mol. The minimum atomic E-state index is 0.438. The van der Waals surface area contributed by atoms with Gasteiger partial charge in [0.15, 0.2) is 5.82 Å². The van der Waals surface area contributed by atoms with E-state index in [-0.39, 0.29) is 0 Å². The van der Waals surface area contributed by atoms with Gasteiger partial charge in [0, 0.05) is 43.4 Å². The van der Waals surface area contributed by atoms with Crippen molar-refractivity contribution in [2.75, 3.05) is 11.4 Å². The Morgan fingerprint density at radius 3 is 2.60 bits per heavy atom. The van der Waals surface area contributed by atoms with Crippen LogP contribution in [-0.2, 0) is 20.0 Å². The maximum absolute atomic E-state index is 4.88. The molecule has 1 aliphatic rings. The molecule has 1 aromatic carbocycles. The van der Waals surface area contributed by atoms with Crippen molar-refractivity contribution in [3.05, 3.63) is 59.8 Å². The monoisotopic (exact) mass is 333 g/mol. The van der Waals surface area contributed by atoms with Crippen LogP contribution in [0.2, 0.25) is 0 Å². The molecular formula is C20H23N5. The average Bonchev–Trinajstić information content (AvgIpc) is 2.99. The Balaban J connectivity index is 1.63. The molecule has 25 heavy (non-hydrogen) atoms. The average molecular weight is 333 g/mol. The van der Waals surface area contributed by atoms with Crippen LogP contribution in [0, 0.1) is 0 Å². The predicted octanol–water partition coefficient (Wildman–Crippen LogP) is 3.56. The van der Waals surface area contributed by atoms with Gasteiger partial charge in [-0.2, -0.15) is 0 Å². The number of fused-ring (bicyclic) bond motifs is 1. The number of benzene rings is 1. The van der Waals surface area contributed by atoms with Crippen molar-refractivity contribution in [2.24, 2.45) is 7.05 Å². The van der Waals surface area contributed by atoms with Gasteiger partial charge >= 0.3 is 0 Å². The zero-order valence-corrected chi connectivity index (χ0v) is 15.0. The van der Waals surface area contributed by atoms with E-state index < -0.39 is 0 Å². The minimum Gasteiger partial charge on any atom is -0.350 e. The van der Waals surface area contributed by atoms with Gasteiger partial charge in [0.1, 0.15) is 11.6 Å². The molecule has 0 aliphatic carbocycles. The number of rotatable bonds is 3. The van der Waals surface area contributed by atoms with E-state index in [0.717, 1.165) is 36.7 Å². The summed E-state index contributed by atoms with van der Waals surface area (Å²) in [5.74, 6) is 3.34. The molecule has 0 fully saturated rings. The lowest BCUT2D eigenvalue weighted by atomic mass is 10.1. The van der Waals surface area contributed by atoms with Gasteiger partial charge in [-0.1, -0.05) is 44.2 Å². The molecule has 3 aromatic rings. The van der Waals surface area contributed by atoms with Crippen molar-refractivity contribution in [1.29, 1.82) is 0 Å². The van der Waals surface area contributed by atoms with Gasteiger partial charge in [-0.25, -0.2) is 15.0 Å². The zero-order chi connectivity index (χ0) is 17.4. The van der Waals surface area contributed by atoms with E-state index in [1.54, 1.807) is 0 Å². The van der Waals surface area contributed by atoms with Gasteiger partial charge in [0.25, 0.3) is 0 Å². The highest BCUT2D eigenvalue weighted by Crippen LogP contribution is 2.26. The number of hydrogen-bond donors (Lipinski definition) is 0. The molecule has 0 saturated carbocycles. The van der Waals surface area contributed by atoms with E-state index in [1.807, 2.05) is 42.6 Å². The Bertz CT molecular complexity index is 882. The first-order chi connectivity index (χ1) is 12.1. The Morgan fingerprint density at radius 2 is 1.84 bits per heavy atom. The molecule has 2 aromatic heterocycles. The van der Waals surface area contributed by atoms with Crippen LogP contribution in [-0.4, -0.2) is 26.1 Å². The fraction of sp³-hybridized carbons (Fsp3) is 0.350. The number of nitrogens with zero attached hydrogens (tertiary/aromatic N) is 5. The van der Waals surface area contributed by atoms with Gasteiger partial charge in [0.2, 0.25) is 0 Å². The largest absolute Gasteiger partial charge is 0.350 e. The molecule has 0 saturated heterocycles. The molecule has 0 unspecified atom stereocenters. The number of hydrogen-bond acceptors (Lipinski definition) is 4. The SMILES string of the molecule is CC(C)c1nc2c(n1C)CCN(c1ccnc(-c3ccccc3)n1)C2. The molecule has 0 spiro atoms. The number of anilines is 1. The highest BCUT2D eigenvalue weighted by Gasteiger charge is 2.24. The van der Waals surface area contributed by atoms with Crippen molar-refractivity contribution in [1.82, 2.24) is 19.5 Å². The molecule has 3 heterocycles. The molecule has 1 aliphatic heterocycles. The maximum atomic E-state index is 4.88. The lowest BCUT2D eigenvalue weighted by Gasteiger charge is -2.27. The molecule has 0 radical (unpaired) electrons. The molecule has 0 amide bonds. The van der Waals surface area contributed by atoms with Crippen LogP contribution >= 0.6 is 0 Å². The van der Waals surface area contributed by atoms with E-state index in [9.17, 15) is 0 Å². The maximum Gasteiger partial charge on any atom is 0.161 e. The Labute approximate surface area is 148 Å². The molecule has 0 N–H and O–H groups in total. The van der Waals surface area contributed by atoms with Gasteiger partial charge < -0.3 is 9.47 Å². The zero-order valence-electron chi connectivity index (χ0n) is 15.0.